The second-order valence-corrected chi connectivity index (χ2v) is 4.78. The molecule has 2 heterocycles. The van der Waals surface area contributed by atoms with Crippen molar-refractivity contribution in [3.63, 3.8) is 0 Å². The Morgan fingerprint density at radius 3 is 2.50 bits per heavy atom. The zero-order chi connectivity index (χ0) is 13.5. The predicted molar refractivity (Wildman–Crippen MR) is 79.3 cm³/mol. The van der Waals surface area contributed by atoms with Crippen LogP contribution in [0.1, 0.15) is 5.76 Å². The second kappa shape index (κ2) is 4.25. The maximum atomic E-state index is 5.82. The molecule has 0 radical (unpaired) electrons. The molecule has 2 aromatic carbocycles. The van der Waals surface area contributed by atoms with Crippen molar-refractivity contribution >= 4 is 21.9 Å². The Balaban J connectivity index is 1.95. The summed E-state index contributed by atoms with van der Waals surface area (Å²) in [5.41, 5.74) is 8.41. The van der Waals surface area contributed by atoms with Gasteiger partial charge in [0.2, 0.25) is 0 Å². The Morgan fingerprint density at radius 2 is 1.65 bits per heavy atom. The van der Waals surface area contributed by atoms with E-state index in [1.54, 1.807) is 0 Å². The number of furan rings is 2. The van der Waals surface area contributed by atoms with E-state index >= 15 is 0 Å². The van der Waals surface area contributed by atoms with Crippen LogP contribution < -0.4 is 5.73 Å². The van der Waals surface area contributed by atoms with Gasteiger partial charge in [-0.1, -0.05) is 18.2 Å². The lowest BCUT2D eigenvalue weighted by Crippen LogP contribution is -1.92. The molecule has 3 nitrogen and oxygen atoms in total. The van der Waals surface area contributed by atoms with E-state index in [0.29, 0.717) is 6.54 Å². The van der Waals surface area contributed by atoms with Crippen molar-refractivity contribution in [2.45, 2.75) is 6.54 Å². The van der Waals surface area contributed by atoms with Crippen LogP contribution in [0.5, 0.6) is 0 Å². The van der Waals surface area contributed by atoms with Gasteiger partial charge < -0.3 is 14.6 Å². The van der Waals surface area contributed by atoms with Gasteiger partial charge in [-0.15, -0.1) is 0 Å². The van der Waals surface area contributed by atoms with E-state index in [0.717, 1.165) is 39.0 Å². The maximum absolute atomic E-state index is 5.82. The number of benzene rings is 2. The first-order chi connectivity index (χ1) is 9.85. The molecule has 0 aliphatic rings. The molecular formula is C17H13NO2. The fraction of sp³-hybridized carbons (Fsp3) is 0.0588. The topological polar surface area (TPSA) is 52.3 Å². The van der Waals surface area contributed by atoms with Crippen LogP contribution in [0.25, 0.3) is 33.3 Å². The van der Waals surface area contributed by atoms with Gasteiger partial charge >= 0.3 is 0 Å². The first-order valence-electron chi connectivity index (χ1n) is 6.55. The van der Waals surface area contributed by atoms with E-state index < -0.39 is 0 Å². The summed E-state index contributed by atoms with van der Waals surface area (Å²) in [5, 5.41) is 2.22. The van der Waals surface area contributed by atoms with Gasteiger partial charge in [0.1, 0.15) is 22.7 Å². The Morgan fingerprint density at radius 1 is 0.800 bits per heavy atom. The van der Waals surface area contributed by atoms with Crippen molar-refractivity contribution in [2.75, 3.05) is 0 Å². The summed E-state index contributed by atoms with van der Waals surface area (Å²) in [6, 6.07) is 18.0. The molecule has 0 bridgehead atoms. The van der Waals surface area contributed by atoms with E-state index in [1.807, 2.05) is 42.5 Å². The van der Waals surface area contributed by atoms with Gasteiger partial charge in [0.25, 0.3) is 0 Å². The van der Waals surface area contributed by atoms with E-state index in [4.69, 9.17) is 14.6 Å². The Labute approximate surface area is 115 Å². The highest BCUT2D eigenvalue weighted by atomic mass is 16.3. The summed E-state index contributed by atoms with van der Waals surface area (Å²) in [4.78, 5) is 0. The molecule has 0 atom stereocenters. The van der Waals surface area contributed by atoms with Crippen LogP contribution in [-0.2, 0) is 6.54 Å². The molecular weight excluding hydrogens is 250 g/mol. The van der Waals surface area contributed by atoms with Crippen molar-refractivity contribution in [3.8, 4) is 11.3 Å². The number of nitrogens with two attached hydrogens (primary N) is 1. The normalized spacial score (nSPS) is 11.4. The molecule has 4 aromatic rings. The van der Waals surface area contributed by atoms with Gasteiger partial charge in [0, 0.05) is 16.3 Å². The molecule has 0 aliphatic heterocycles. The van der Waals surface area contributed by atoms with Crippen molar-refractivity contribution in [1.82, 2.24) is 0 Å². The summed E-state index contributed by atoms with van der Waals surface area (Å²) < 4.78 is 11.5. The van der Waals surface area contributed by atoms with Gasteiger partial charge in [-0.3, -0.25) is 0 Å². The molecule has 20 heavy (non-hydrogen) atoms. The van der Waals surface area contributed by atoms with Crippen LogP contribution >= 0.6 is 0 Å². The van der Waals surface area contributed by atoms with Crippen LogP contribution in [0.4, 0.5) is 0 Å². The van der Waals surface area contributed by atoms with Gasteiger partial charge in [-0.2, -0.15) is 0 Å². The molecule has 2 N–H and O–H groups in total. The first-order valence-corrected chi connectivity index (χ1v) is 6.55. The van der Waals surface area contributed by atoms with Crippen molar-refractivity contribution in [1.29, 1.82) is 0 Å². The highest BCUT2D eigenvalue weighted by molar-refractivity contribution is 6.06. The number of hydrogen-bond donors (Lipinski definition) is 1. The largest absolute Gasteiger partial charge is 0.460 e. The lowest BCUT2D eigenvalue weighted by atomic mass is 10.1. The van der Waals surface area contributed by atoms with Gasteiger partial charge in [-0.25, -0.2) is 0 Å². The Kier molecular flexibility index (Phi) is 2.41. The minimum atomic E-state index is 0.414. The summed E-state index contributed by atoms with van der Waals surface area (Å²) in [5.74, 6) is 1.62. The molecule has 0 amide bonds. The second-order valence-electron chi connectivity index (χ2n) is 4.78. The number of rotatable bonds is 2. The van der Waals surface area contributed by atoms with Crippen LogP contribution in [0.2, 0.25) is 0 Å². The minimum absolute atomic E-state index is 0.414. The molecule has 0 unspecified atom stereocenters. The molecule has 3 heteroatoms. The summed E-state index contributed by atoms with van der Waals surface area (Å²) in [6.07, 6.45) is 0. The standard InChI is InChI=1S/C17H13NO2/c18-10-12-6-8-15(19-12)11-5-7-17-14(9-11)13-3-1-2-4-16(13)20-17/h1-9H,10,18H2. The zero-order valence-electron chi connectivity index (χ0n) is 10.8. The molecule has 98 valence electrons. The van der Waals surface area contributed by atoms with Crippen molar-refractivity contribution < 1.29 is 8.83 Å². The first kappa shape index (κ1) is 11.3. The minimum Gasteiger partial charge on any atom is -0.460 e. The Hall–Kier alpha value is -2.52. The van der Waals surface area contributed by atoms with E-state index in [1.165, 1.54) is 0 Å². The van der Waals surface area contributed by atoms with Gasteiger partial charge in [-0.05, 0) is 36.4 Å². The van der Waals surface area contributed by atoms with E-state index in [2.05, 4.69) is 12.1 Å². The van der Waals surface area contributed by atoms with Gasteiger partial charge in [0.05, 0.1) is 6.54 Å². The third-order valence-electron chi connectivity index (χ3n) is 3.52. The van der Waals surface area contributed by atoms with Crippen molar-refractivity contribution in [2.24, 2.45) is 5.73 Å². The highest BCUT2D eigenvalue weighted by Crippen LogP contribution is 2.32. The molecule has 2 aromatic heterocycles. The monoisotopic (exact) mass is 263 g/mol. The van der Waals surface area contributed by atoms with E-state index in [-0.39, 0.29) is 0 Å². The molecule has 0 fully saturated rings. The van der Waals surface area contributed by atoms with Gasteiger partial charge in [0.15, 0.2) is 0 Å². The third-order valence-corrected chi connectivity index (χ3v) is 3.52. The summed E-state index contributed by atoms with van der Waals surface area (Å²) in [7, 11) is 0. The van der Waals surface area contributed by atoms with Crippen molar-refractivity contribution in [3.05, 3.63) is 60.4 Å². The molecule has 4 rings (SSSR count). The predicted octanol–water partition coefficient (Wildman–Crippen LogP) is 4.30. The van der Waals surface area contributed by atoms with E-state index in [9.17, 15) is 0 Å². The molecule has 0 saturated heterocycles. The van der Waals surface area contributed by atoms with Crippen LogP contribution in [0, 0.1) is 0 Å². The number of hydrogen-bond acceptors (Lipinski definition) is 3. The SMILES string of the molecule is NCc1ccc(-c2ccc3oc4ccccc4c3c2)o1. The average Bonchev–Trinajstić information content (AvgIpc) is 3.11. The molecule has 0 saturated carbocycles. The maximum Gasteiger partial charge on any atom is 0.135 e. The molecule has 0 aliphatic carbocycles. The fourth-order valence-electron chi connectivity index (χ4n) is 2.52. The Bertz CT molecular complexity index is 902. The summed E-state index contributed by atoms with van der Waals surface area (Å²) in [6.45, 7) is 0.414. The number of fused-ring (bicyclic) bond motifs is 3. The average molecular weight is 263 g/mol. The molecule has 0 spiro atoms. The van der Waals surface area contributed by atoms with Crippen LogP contribution in [-0.4, -0.2) is 0 Å². The quantitative estimate of drug-likeness (QED) is 0.586. The fourth-order valence-corrected chi connectivity index (χ4v) is 2.52. The third kappa shape index (κ3) is 1.64. The summed E-state index contributed by atoms with van der Waals surface area (Å²) >= 11 is 0. The zero-order valence-corrected chi connectivity index (χ0v) is 10.8. The highest BCUT2D eigenvalue weighted by Gasteiger charge is 2.09. The lowest BCUT2D eigenvalue weighted by Gasteiger charge is -1.97. The smallest absolute Gasteiger partial charge is 0.135 e. The number of para-hydroxylation sites is 1. The lowest BCUT2D eigenvalue weighted by molar-refractivity contribution is 0.525. The van der Waals surface area contributed by atoms with Crippen LogP contribution in [0.3, 0.4) is 0 Å². The van der Waals surface area contributed by atoms with Crippen LogP contribution in [0.15, 0.2) is 63.4 Å².